The van der Waals surface area contributed by atoms with Crippen molar-refractivity contribution >= 4 is 11.9 Å². The van der Waals surface area contributed by atoms with Crippen LogP contribution in [0, 0.1) is 5.92 Å². The summed E-state index contributed by atoms with van der Waals surface area (Å²) in [6.07, 6.45) is 8.15. The summed E-state index contributed by atoms with van der Waals surface area (Å²) in [5.74, 6) is -0.760. The number of aromatic nitrogens is 1. The molecule has 0 saturated carbocycles. The molecule has 1 atom stereocenters. The number of nitrogens with zero attached hydrogens (tertiary/aromatic N) is 1. The summed E-state index contributed by atoms with van der Waals surface area (Å²) in [7, 11) is 1.67. The van der Waals surface area contributed by atoms with Crippen molar-refractivity contribution in [1.82, 2.24) is 4.98 Å². The molecule has 0 radical (unpaired) electrons. The van der Waals surface area contributed by atoms with Gasteiger partial charge in [0.25, 0.3) is 0 Å². The van der Waals surface area contributed by atoms with E-state index in [2.05, 4.69) is 18.8 Å². The lowest BCUT2D eigenvalue weighted by molar-refractivity contribution is 0.0392. The predicted molar refractivity (Wildman–Crippen MR) is 108 cm³/mol. The standard InChI is InChI=1S/C22H35NO5/c1-4-6-8-9-15-27-21(24)19-12-10-13-20(23-19)22(25)28-17-18(11-7-5-2)14-16-26-3/h10,12-13,18H,4-9,11,14-17H2,1-3H3. The Morgan fingerprint density at radius 1 is 0.893 bits per heavy atom. The van der Waals surface area contributed by atoms with Crippen LogP contribution in [0.4, 0.5) is 0 Å². The Bertz CT molecular complexity index is 568. The highest BCUT2D eigenvalue weighted by Crippen LogP contribution is 2.15. The fraction of sp³-hybridized carbons (Fsp3) is 0.682. The zero-order valence-electron chi connectivity index (χ0n) is 17.6. The van der Waals surface area contributed by atoms with E-state index in [0.29, 0.717) is 19.8 Å². The highest BCUT2D eigenvalue weighted by molar-refractivity contribution is 5.91. The highest BCUT2D eigenvalue weighted by atomic mass is 16.5. The van der Waals surface area contributed by atoms with Gasteiger partial charge in [-0.15, -0.1) is 0 Å². The second-order valence-corrected chi connectivity index (χ2v) is 6.99. The molecule has 0 spiro atoms. The lowest BCUT2D eigenvalue weighted by Crippen LogP contribution is -2.18. The van der Waals surface area contributed by atoms with Gasteiger partial charge in [-0.05, 0) is 37.3 Å². The molecular weight excluding hydrogens is 358 g/mol. The van der Waals surface area contributed by atoms with Crippen LogP contribution < -0.4 is 0 Å². The van der Waals surface area contributed by atoms with Crippen LogP contribution in [0.3, 0.4) is 0 Å². The molecule has 6 nitrogen and oxygen atoms in total. The minimum absolute atomic E-state index is 0.126. The van der Waals surface area contributed by atoms with Crippen LogP contribution in [0.15, 0.2) is 18.2 Å². The summed E-state index contributed by atoms with van der Waals surface area (Å²) in [5.41, 5.74) is 0.258. The molecule has 1 aromatic rings. The van der Waals surface area contributed by atoms with Gasteiger partial charge in [-0.25, -0.2) is 14.6 Å². The van der Waals surface area contributed by atoms with Crippen molar-refractivity contribution in [2.24, 2.45) is 5.92 Å². The number of methoxy groups -OCH3 is 1. The van der Waals surface area contributed by atoms with Crippen molar-refractivity contribution in [3.63, 3.8) is 0 Å². The maximum Gasteiger partial charge on any atom is 0.356 e. The lowest BCUT2D eigenvalue weighted by Gasteiger charge is -2.16. The zero-order valence-corrected chi connectivity index (χ0v) is 17.6. The highest BCUT2D eigenvalue weighted by Gasteiger charge is 2.17. The first-order chi connectivity index (χ1) is 13.6. The minimum Gasteiger partial charge on any atom is -0.461 e. The Balaban J connectivity index is 2.54. The molecule has 0 bridgehead atoms. The monoisotopic (exact) mass is 393 g/mol. The van der Waals surface area contributed by atoms with E-state index in [-0.39, 0.29) is 17.3 Å². The molecule has 0 N–H and O–H groups in total. The number of pyridine rings is 1. The summed E-state index contributed by atoms with van der Waals surface area (Å²) < 4.78 is 15.8. The summed E-state index contributed by atoms with van der Waals surface area (Å²) in [5, 5.41) is 0. The third-order valence-corrected chi connectivity index (χ3v) is 4.54. The number of hydrogen-bond acceptors (Lipinski definition) is 6. The smallest absolute Gasteiger partial charge is 0.356 e. The molecule has 0 saturated heterocycles. The topological polar surface area (TPSA) is 74.7 Å². The predicted octanol–water partition coefficient (Wildman–Crippen LogP) is 4.82. The first-order valence-electron chi connectivity index (χ1n) is 10.4. The third kappa shape index (κ3) is 9.83. The van der Waals surface area contributed by atoms with Crippen LogP contribution in [0.5, 0.6) is 0 Å². The van der Waals surface area contributed by atoms with Gasteiger partial charge in [-0.3, -0.25) is 0 Å². The summed E-state index contributed by atoms with van der Waals surface area (Å²) in [6, 6.07) is 4.72. The molecule has 0 fully saturated rings. The Morgan fingerprint density at radius 3 is 2.21 bits per heavy atom. The lowest BCUT2D eigenvalue weighted by atomic mass is 10.00. The van der Waals surface area contributed by atoms with Gasteiger partial charge >= 0.3 is 11.9 Å². The van der Waals surface area contributed by atoms with Gasteiger partial charge < -0.3 is 14.2 Å². The van der Waals surface area contributed by atoms with Crippen molar-refractivity contribution in [3.05, 3.63) is 29.6 Å². The van der Waals surface area contributed by atoms with E-state index in [9.17, 15) is 9.59 Å². The van der Waals surface area contributed by atoms with E-state index in [1.54, 1.807) is 25.3 Å². The quantitative estimate of drug-likeness (QED) is 0.314. The van der Waals surface area contributed by atoms with E-state index >= 15 is 0 Å². The van der Waals surface area contributed by atoms with Gasteiger partial charge in [0.2, 0.25) is 0 Å². The molecular formula is C22H35NO5. The Labute approximate surface area is 169 Å². The maximum absolute atomic E-state index is 12.3. The van der Waals surface area contributed by atoms with Crippen LogP contribution in [-0.2, 0) is 14.2 Å². The molecule has 0 aliphatic carbocycles. The van der Waals surface area contributed by atoms with Gasteiger partial charge in [0.1, 0.15) is 11.4 Å². The fourth-order valence-corrected chi connectivity index (χ4v) is 2.79. The van der Waals surface area contributed by atoms with Gasteiger partial charge in [-0.1, -0.05) is 52.0 Å². The van der Waals surface area contributed by atoms with Crippen LogP contribution in [0.1, 0.15) is 86.2 Å². The maximum atomic E-state index is 12.3. The van der Waals surface area contributed by atoms with E-state index < -0.39 is 11.9 Å². The number of esters is 2. The number of rotatable bonds is 15. The number of carbonyl (C=O) groups is 2. The molecule has 1 aromatic heterocycles. The molecule has 158 valence electrons. The number of ether oxygens (including phenoxy) is 3. The SMILES string of the molecule is CCCCCCOC(=O)c1cccc(C(=O)OCC(CCCC)CCOC)n1. The molecule has 0 amide bonds. The average molecular weight is 394 g/mol. The second-order valence-electron chi connectivity index (χ2n) is 6.99. The van der Waals surface area contributed by atoms with Gasteiger partial charge in [0.05, 0.1) is 13.2 Å². The van der Waals surface area contributed by atoms with E-state index in [1.165, 1.54) is 0 Å². The molecule has 28 heavy (non-hydrogen) atoms. The van der Waals surface area contributed by atoms with Crippen LogP contribution in [0.2, 0.25) is 0 Å². The fourth-order valence-electron chi connectivity index (χ4n) is 2.79. The zero-order chi connectivity index (χ0) is 20.6. The van der Waals surface area contributed by atoms with Crippen molar-refractivity contribution in [2.45, 2.75) is 65.2 Å². The van der Waals surface area contributed by atoms with Crippen LogP contribution in [-0.4, -0.2) is 43.9 Å². The largest absolute Gasteiger partial charge is 0.461 e. The average Bonchev–Trinajstić information content (AvgIpc) is 2.72. The van der Waals surface area contributed by atoms with E-state index in [0.717, 1.165) is 51.4 Å². The molecule has 1 rings (SSSR count). The first kappa shape index (κ1) is 24.1. The molecule has 0 aliphatic rings. The van der Waals surface area contributed by atoms with Crippen molar-refractivity contribution < 1.29 is 23.8 Å². The first-order valence-corrected chi connectivity index (χ1v) is 10.4. The van der Waals surface area contributed by atoms with Crippen LogP contribution in [0.25, 0.3) is 0 Å². The second kappa shape index (κ2) is 15.0. The molecule has 1 unspecified atom stereocenters. The molecule has 1 heterocycles. The van der Waals surface area contributed by atoms with E-state index in [1.807, 2.05) is 0 Å². The van der Waals surface area contributed by atoms with E-state index in [4.69, 9.17) is 14.2 Å². The number of unbranched alkanes of at least 4 members (excludes halogenated alkanes) is 4. The Morgan fingerprint density at radius 2 is 1.57 bits per heavy atom. The van der Waals surface area contributed by atoms with Crippen LogP contribution >= 0.6 is 0 Å². The normalized spacial score (nSPS) is 11.8. The van der Waals surface area contributed by atoms with Gasteiger partial charge in [-0.2, -0.15) is 0 Å². The third-order valence-electron chi connectivity index (χ3n) is 4.54. The van der Waals surface area contributed by atoms with Crippen molar-refractivity contribution in [1.29, 1.82) is 0 Å². The van der Waals surface area contributed by atoms with Gasteiger partial charge in [0, 0.05) is 13.7 Å². The van der Waals surface area contributed by atoms with Crippen molar-refractivity contribution in [2.75, 3.05) is 26.9 Å². The Hall–Kier alpha value is -1.95. The summed E-state index contributed by atoms with van der Waals surface area (Å²) in [6.45, 7) is 5.61. The minimum atomic E-state index is -0.517. The summed E-state index contributed by atoms with van der Waals surface area (Å²) in [4.78, 5) is 28.6. The Kier molecular flexibility index (Phi) is 12.9. The van der Waals surface area contributed by atoms with Gasteiger partial charge in [0.15, 0.2) is 0 Å². The molecule has 6 heteroatoms. The number of hydrogen-bond donors (Lipinski definition) is 0. The summed E-state index contributed by atoms with van der Waals surface area (Å²) >= 11 is 0. The number of carbonyl (C=O) groups excluding carboxylic acids is 2. The molecule has 0 aliphatic heterocycles. The van der Waals surface area contributed by atoms with Crippen molar-refractivity contribution in [3.8, 4) is 0 Å². The molecule has 0 aromatic carbocycles.